The second kappa shape index (κ2) is 7.17. The molecule has 2 aromatic heterocycles. The van der Waals surface area contributed by atoms with Crippen molar-refractivity contribution in [1.82, 2.24) is 14.8 Å². The molecule has 2 rings (SSSR count). The molecule has 0 amide bonds. The van der Waals surface area contributed by atoms with Gasteiger partial charge in [-0.1, -0.05) is 6.07 Å². The van der Waals surface area contributed by atoms with Crippen LogP contribution in [0.3, 0.4) is 0 Å². The molecule has 0 unspecified atom stereocenters. The molecule has 0 aromatic carbocycles. The van der Waals surface area contributed by atoms with Gasteiger partial charge in [0.1, 0.15) is 17.5 Å². The Morgan fingerprint density at radius 3 is 3.05 bits per heavy atom. The number of aromatic nitrogens is 3. The maximum absolute atomic E-state index is 12.0. The fourth-order valence-corrected chi connectivity index (χ4v) is 1.72. The van der Waals surface area contributed by atoms with Gasteiger partial charge in [-0.3, -0.25) is 4.79 Å². The third kappa shape index (κ3) is 3.87. The summed E-state index contributed by atoms with van der Waals surface area (Å²) in [6.07, 6.45) is 3.72. The van der Waals surface area contributed by atoms with E-state index >= 15 is 0 Å². The minimum atomic E-state index is -0.298. The Bertz CT molecular complexity index is 705. The van der Waals surface area contributed by atoms with Crippen LogP contribution in [0.4, 0.5) is 0 Å². The summed E-state index contributed by atoms with van der Waals surface area (Å²) in [7, 11) is 0. The largest absolute Gasteiger partial charge is 0.492 e. The monoisotopic (exact) mass is 285 g/mol. The molecule has 0 fully saturated rings. The highest BCUT2D eigenvalue weighted by Gasteiger charge is 2.06. The molecule has 0 aliphatic heterocycles. The van der Waals surface area contributed by atoms with Crippen LogP contribution in [0.5, 0.6) is 5.75 Å². The van der Waals surface area contributed by atoms with Gasteiger partial charge in [0, 0.05) is 17.8 Å². The summed E-state index contributed by atoms with van der Waals surface area (Å²) in [5.41, 5.74) is 6.00. The van der Waals surface area contributed by atoms with E-state index in [1.165, 1.54) is 23.1 Å². The Morgan fingerprint density at radius 1 is 1.48 bits per heavy atom. The molecule has 0 bridgehead atoms. The summed E-state index contributed by atoms with van der Waals surface area (Å²) >= 11 is 0. The van der Waals surface area contributed by atoms with Gasteiger partial charge in [-0.2, -0.15) is 10.4 Å². The maximum Gasteiger partial charge on any atom is 0.270 e. The number of nitrogens with zero attached hydrogens (tertiary/aromatic N) is 4. The zero-order valence-electron chi connectivity index (χ0n) is 11.4. The summed E-state index contributed by atoms with van der Waals surface area (Å²) in [5, 5.41) is 13.0. The van der Waals surface area contributed by atoms with Crippen LogP contribution in [0.25, 0.3) is 0 Å². The van der Waals surface area contributed by atoms with E-state index in [0.717, 1.165) is 0 Å². The van der Waals surface area contributed by atoms with Crippen molar-refractivity contribution >= 4 is 0 Å². The topological polar surface area (TPSA) is 107 Å². The van der Waals surface area contributed by atoms with E-state index in [-0.39, 0.29) is 17.8 Å². The Hall–Kier alpha value is -2.72. The minimum absolute atomic E-state index is 0.193. The predicted molar refractivity (Wildman–Crippen MR) is 75.7 cm³/mol. The number of rotatable bonds is 6. The first-order chi connectivity index (χ1) is 10.2. The number of hydrogen-bond acceptors (Lipinski definition) is 6. The summed E-state index contributed by atoms with van der Waals surface area (Å²) in [5.74, 6) is 0.413. The molecule has 108 valence electrons. The van der Waals surface area contributed by atoms with Crippen LogP contribution in [-0.4, -0.2) is 27.9 Å². The number of nitriles is 1. The Balaban J connectivity index is 2.15. The number of pyridine rings is 1. The SMILES string of the molecule is N#Cc1ncccc1Cn1ncc(OCCCN)cc1=O. The quantitative estimate of drug-likeness (QED) is 0.764. The molecule has 0 aliphatic rings. The molecule has 0 saturated heterocycles. The molecule has 0 spiro atoms. The smallest absolute Gasteiger partial charge is 0.270 e. The first-order valence-corrected chi connectivity index (χ1v) is 6.48. The van der Waals surface area contributed by atoms with Crippen LogP contribution < -0.4 is 16.0 Å². The van der Waals surface area contributed by atoms with E-state index in [1.807, 2.05) is 6.07 Å². The van der Waals surface area contributed by atoms with Crippen LogP contribution in [0.15, 0.2) is 35.4 Å². The van der Waals surface area contributed by atoms with Gasteiger partial charge in [0.2, 0.25) is 0 Å². The molecule has 2 heterocycles. The third-order valence-corrected chi connectivity index (χ3v) is 2.78. The lowest BCUT2D eigenvalue weighted by atomic mass is 10.2. The average molecular weight is 285 g/mol. The van der Waals surface area contributed by atoms with Gasteiger partial charge in [0.25, 0.3) is 5.56 Å². The molecule has 0 radical (unpaired) electrons. The van der Waals surface area contributed by atoms with Crippen molar-refractivity contribution in [3.8, 4) is 11.8 Å². The average Bonchev–Trinajstić information content (AvgIpc) is 2.50. The number of nitrogens with two attached hydrogens (primary N) is 1. The molecule has 0 aliphatic carbocycles. The summed E-state index contributed by atoms with van der Waals surface area (Å²) in [6.45, 7) is 1.17. The van der Waals surface area contributed by atoms with Crippen molar-refractivity contribution in [3.05, 3.63) is 52.2 Å². The first-order valence-electron chi connectivity index (χ1n) is 6.48. The lowest BCUT2D eigenvalue weighted by Crippen LogP contribution is -2.23. The van der Waals surface area contributed by atoms with Crippen molar-refractivity contribution in [2.45, 2.75) is 13.0 Å². The molecule has 0 saturated carbocycles. The van der Waals surface area contributed by atoms with Gasteiger partial charge >= 0.3 is 0 Å². The highest BCUT2D eigenvalue weighted by Crippen LogP contribution is 2.07. The number of hydrogen-bond donors (Lipinski definition) is 1. The predicted octanol–water partition coefficient (Wildman–Crippen LogP) is 0.286. The van der Waals surface area contributed by atoms with Gasteiger partial charge in [-0.05, 0) is 19.0 Å². The van der Waals surface area contributed by atoms with E-state index in [9.17, 15) is 4.79 Å². The van der Waals surface area contributed by atoms with Crippen molar-refractivity contribution in [3.63, 3.8) is 0 Å². The van der Waals surface area contributed by atoms with E-state index in [0.29, 0.717) is 30.9 Å². The fraction of sp³-hybridized carbons (Fsp3) is 0.286. The lowest BCUT2D eigenvalue weighted by Gasteiger charge is -2.08. The molecule has 2 aromatic rings. The summed E-state index contributed by atoms with van der Waals surface area (Å²) < 4.78 is 6.61. The van der Waals surface area contributed by atoms with Crippen LogP contribution >= 0.6 is 0 Å². The molecular weight excluding hydrogens is 270 g/mol. The zero-order valence-corrected chi connectivity index (χ0v) is 11.4. The van der Waals surface area contributed by atoms with Crippen LogP contribution in [0.1, 0.15) is 17.7 Å². The van der Waals surface area contributed by atoms with Gasteiger partial charge < -0.3 is 10.5 Å². The molecule has 7 heteroatoms. The van der Waals surface area contributed by atoms with Gasteiger partial charge in [0.05, 0.1) is 19.3 Å². The van der Waals surface area contributed by atoms with Crippen LogP contribution in [0, 0.1) is 11.3 Å². The highest BCUT2D eigenvalue weighted by molar-refractivity contribution is 5.30. The standard InChI is InChI=1S/C14H15N5O2/c15-4-2-6-21-12-7-14(20)19(18-9-12)10-11-3-1-5-17-13(11)8-16/h1,3,5,7,9H,2,4,6,10,15H2. The Kier molecular flexibility index (Phi) is 5.01. The molecular formula is C14H15N5O2. The van der Waals surface area contributed by atoms with Crippen LogP contribution in [-0.2, 0) is 6.54 Å². The minimum Gasteiger partial charge on any atom is -0.492 e. The summed E-state index contributed by atoms with van der Waals surface area (Å²) in [6, 6.07) is 6.81. The van der Waals surface area contributed by atoms with Crippen molar-refractivity contribution < 1.29 is 4.74 Å². The normalized spacial score (nSPS) is 10.1. The van der Waals surface area contributed by atoms with E-state index in [1.54, 1.807) is 12.1 Å². The molecule has 7 nitrogen and oxygen atoms in total. The summed E-state index contributed by atoms with van der Waals surface area (Å²) in [4.78, 5) is 15.9. The maximum atomic E-state index is 12.0. The second-order valence-corrected chi connectivity index (χ2v) is 4.30. The van der Waals surface area contributed by atoms with Crippen molar-refractivity contribution in [2.24, 2.45) is 5.73 Å². The lowest BCUT2D eigenvalue weighted by molar-refractivity contribution is 0.309. The molecule has 2 N–H and O–H groups in total. The van der Waals surface area contributed by atoms with Crippen molar-refractivity contribution in [1.29, 1.82) is 5.26 Å². The second-order valence-electron chi connectivity index (χ2n) is 4.30. The highest BCUT2D eigenvalue weighted by atomic mass is 16.5. The molecule has 21 heavy (non-hydrogen) atoms. The van der Waals surface area contributed by atoms with Crippen LogP contribution in [0.2, 0.25) is 0 Å². The molecule has 0 atom stereocenters. The zero-order chi connectivity index (χ0) is 15.1. The first kappa shape index (κ1) is 14.7. The third-order valence-electron chi connectivity index (χ3n) is 2.78. The van der Waals surface area contributed by atoms with E-state index in [4.69, 9.17) is 15.7 Å². The number of ether oxygens (including phenoxy) is 1. The van der Waals surface area contributed by atoms with Gasteiger partial charge in [0.15, 0.2) is 0 Å². The van der Waals surface area contributed by atoms with Gasteiger partial charge in [-0.25, -0.2) is 9.67 Å². The Labute approximate surface area is 121 Å². The van der Waals surface area contributed by atoms with Gasteiger partial charge in [-0.15, -0.1) is 0 Å². The van der Waals surface area contributed by atoms with E-state index in [2.05, 4.69) is 10.1 Å². The van der Waals surface area contributed by atoms with E-state index < -0.39 is 0 Å². The van der Waals surface area contributed by atoms with Crippen molar-refractivity contribution in [2.75, 3.05) is 13.2 Å². The Morgan fingerprint density at radius 2 is 2.33 bits per heavy atom. The fourth-order valence-electron chi connectivity index (χ4n) is 1.72.